The Morgan fingerprint density at radius 2 is 2.16 bits per heavy atom. The van der Waals surface area contributed by atoms with Gasteiger partial charge in [0.2, 0.25) is 0 Å². The summed E-state index contributed by atoms with van der Waals surface area (Å²) in [5, 5.41) is 12.1. The van der Waals surface area contributed by atoms with Gasteiger partial charge in [0.25, 0.3) is 0 Å². The Bertz CT molecular complexity index is 458. The SMILES string of the molecule is CC(C)(C)OC(=O)Nc1cc(Cl)ccc1[C@H](N)CO. The Labute approximate surface area is 117 Å². The Morgan fingerprint density at radius 1 is 1.53 bits per heavy atom. The molecule has 0 spiro atoms. The molecule has 0 aliphatic carbocycles. The normalized spacial score (nSPS) is 12.9. The number of rotatable bonds is 3. The summed E-state index contributed by atoms with van der Waals surface area (Å²) < 4.78 is 5.15. The maximum absolute atomic E-state index is 11.7. The van der Waals surface area contributed by atoms with Crippen LogP contribution in [0.15, 0.2) is 18.2 Å². The van der Waals surface area contributed by atoms with Crippen LogP contribution in [0.25, 0.3) is 0 Å². The quantitative estimate of drug-likeness (QED) is 0.797. The number of nitrogens with two attached hydrogens (primary N) is 1. The molecule has 1 rings (SSSR count). The average Bonchev–Trinajstić information content (AvgIpc) is 2.25. The highest BCUT2D eigenvalue weighted by Gasteiger charge is 2.18. The van der Waals surface area contributed by atoms with Crippen LogP contribution in [0, 0.1) is 0 Å². The van der Waals surface area contributed by atoms with Gasteiger partial charge in [-0.15, -0.1) is 0 Å². The zero-order chi connectivity index (χ0) is 14.6. The van der Waals surface area contributed by atoms with E-state index in [1.54, 1.807) is 39.0 Å². The van der Waals surface area contributed by atoms with Crippen molar-refractivity contribution in [1.82, 2.24) is 0 Å². The third kappa shape index (κ3) is 5.06. The molecule has 0 radical (unpaired) electrons. The number of hydrogen-bond acceptors (Lipinski definition) is 4. The zero-order valence-corrected chi connectivity index (χ0v) is 12.0. The van der Waals surface area contributed by atoms with Gasteiger partial charge in [-0.2, -0.15) is 0 Å². The fourth-order valence-electron chi connectivity index (χ4n) is 1.47. The molecular weight excluding hydrogens is 268 g/mol. The molecule has 106 valence electrons. The minimum absolute atomic E-state index is 0.232. The third-order valence-electron chi connectivity index (χ3n) is 2.25. The topological polar surface area (TPSA) is 84.6 Å². The van der Waals surface area contributed by atoms with Crippen molar-refractivity contribution in [2.45, 2.75) is 32.4 Å². The molecule has 0 fully saturated rings. The first-order valence-electron chi connectivity index (χ1n) is 5.89. The number of aliphatic hydroxyl groups is 1. The summed E-state index contributed by atoms with van der Waals surface area (Å²) in [6.07, 6.45) is -0.596. The van der Waals surface area contributed by atoms with Gasteiger partial charge in [0.15, 0.2) is 0 Å². The summed E-state index contributed by atoms with van der Waals surface area (Å²) in [7, 11) is 0. The zero-order valence-electron chi connectivity index (χ0n) is 11.2. The highest BCUT2D eigenvalue weighted by atomic mass is 35.5. The second kappa shape index (κ2) is 6.23. The molecule has 6 heteroatoms. The van der Waals surface area contributed by atoms with E-state index in [1.165, 1.54) is 0 Å². The van der Waals surface area contributed by atoms with Gasteiger partial charge in [-0.05, 0) is 38.5 Å². The molecule has 0 heterocycles. The van der Waals surface area contributed by atoms with Gasteiger partial charge < -0.3 is 15.6 Å². The smallest absolute Gasteiger partial charge is 0.412 e. The molecule has 0 bridgehead atoms. The number of carbonyl (C=O) groups excluding carboxylic acids is 1. The second-order valence-electron chi connectivity index (χ2n) is 5.15. The molecular formula is C13H19ClN2O3. The predicted octanol–water partition coefficient (Wildman–Crippen LogP) is 2.68. The number of anilines is 1. The minimum atomic E-state index is -0.596. The van der Waals surface area contributed by atoms with Crippen LogP contribution in [0.1, 0.15) is 32.4 Å². The molecule has 1 aromatic carbocycles. The lowest BCUT2D eigenvalue weighted by Crippen LogP contribution is -2.28. The van der Waals surface area contributed by atoms with Crippen LogP contribution in [0.3, 0.4) is 0 Å². The molecule has 0 aromatic heterocycles. The Morgan fingerprint density at radius 3 is 2.68 bits per heavy atom. The largest absolute Gasteiger partial charge is 0.444 e. The summed E-state index contributed by atoms with van der Waals surface area (Å²) in [4.78, 5) is 11.7. The first kappa shape index (κ1) is 15.8. The van der Waals surface area contributed by atoms with Crippen LogP contribution in [-0.4, -0.2) is 23.4 Å². The van der Waals surface area contributed by atoms with Crippen LogP contribution < -0.4 is 11.1 Å². The first-order chi connectivity index (χ1) is 8.73. The number of halogens is 1. The molecule has 4 N–H and O–H groups in total. The molecule has 5 nitrogen and oxygen atoms in total. The lowest BCUT2D eigenvalue weighted by molar-refractivity contribution is 0.0635. The average molecular weight is 287 g/mol. The molecule has 1 atom stereocenters. The van der Waals surface area contributed by atoms with Gasteiger partial charge in [-0.1, -0.05) is 17.7 Å². The Kier molecular flexibility index (Phi) is 5.17. The molecule has 1 amide bonds. The molecule has 0 aliphatic heterocycles. The van der Waals surface area contributed by atoms with Crippen molar-refractivity contribution in [1.29, 1.82) is 0 Å². The van der Waals surface area contributed by atoms with Gasteiger partial charge in [-0.3, -0.25) is 5.32 Å². The molecule has 0 saturated carbocycles. The summed E-state index contributed by atoms with van der Waals surface area (Å²) in [6.45, 7) is 5.07. The maximum Gasteiger partial charge on any atom is 0.412 e. The van der Waals surface area contributed by atoms with E-state index in [0.717, 1.165) is 0 Å². The van der Waals surface area contributed by atoms with E-state index in [0.29, 0.717) is 16.3 Å². The van der Waals surface area contributed by atoms with E-state index in [1.807, 2.05) is 0 Å². The van der Waals surface area contributed by atoms with Crippen molar-refractivity contribution >= 4 is 23.4 Å². The van der Waals surface area contributed by atoms with Crippen molar-refractivity contribution < 1.29 is 14.6 Å². The third-order valence-corrected chi connectivity index (χ3v) is 2.48. The number of aliphatic hydroxyl groups excluding tert-OH is 1. The van der Waals surface area contributed by atoms with Gasteiger partial charge in [0, 0.05) is 5.02 Å². The van der Waals surface area contributed by atoms with Crippen molar-refractivity contribution in [3.05, 3.63) is 28.8 Å². The minimum Gasteiger partial charge on any atom is -0.444 e. The molecule has 0 aliphatic rings. The second-order valence-corrected chi connectivity index (χ2v) is 5.58. The van der Waals surface area contributed by atoms with Crippen molar-refractivity contribution in [3.63, 3.8) is 0 Å². The molecule has 0 saturated heterocycles. The number of ether oxygens (including phenoxy) is 1. The van der Waals surface area contributed by atoms with Crippen LogP contribution >= 0.6 is 11.6 Å². The number of nitrogens with one attached hydrogen (secondary N) is 1. The van der Waals surface area contributed by atoms with Crippen molar-refractivity contribution in [2.75, 3.05) is 11.9 Å². The van der Waals surface area contributed by atoms with E-state index in [4.69, 9.17) is 27.2 Å². The standard InChI is InChI=1S/C13H19ClN2O3/c1-13(2,3)19-12(18)16-11-6-8(14)4-5-9(11)10(15)7-17/h4-6,10,17H,7,15H2,1-3H3,(H,16,18)/t10-/m1/s1. The molecule has 1 aromatic rings. The molecule has 19 heavy (non-hydrogen) atoms. The number of carbonyl (C=O) groups is 1. The fraction of sp³-hybridized carbons (Fsp3) is 0.462. The van der Waals surface area contributed by atoms with E-state index >= 15 is 0 Å². The van der Waals surface area contributed by atoms with E-state index < -0.39 is 17.7 Å². The predicted molar refractivity (Wildman–Crippen MR) is 75.3 cm³/mol. The van der Waals surface area contributed by atoms with E-state index in [9.17, 15) is 4.79 Å². The monoisotopic (exact) mass is 286 g/mol. The first-order valence-corrected chi connectivity index (χ1v) is 6.26. The Hall–Kier alpha value is -1.30. The molecule has 0 unspecified atom stereocenters. The summed E-state index contributed by atoms with van der Waals surface area (Å²) in [5.41, 5.74) is 6.20. The van der Waals surface area contributed by atoms with Crippen LogP contribution in [0.5, 0.6) is 0 Å². The van der Waals surface area contributed by atoms with E-state index in [2.05, 4.69) is 5.32 Å². The fourth-order valence-corrected chi connectivity index (χ4v) is 1.64. The number of amides is 1. The lowest BCUT2D eigenvalue weighted by atomic mass is 10.1. The maximum atomic E-state index is 11.7. The number of benzene rings is 1. The van der Waals surface area contributed by atoms with Gasteiger partial charge in [0.1, 0.15) is 5.60 Å². The van der Waals surface area contributed by atoms with Crippen LogP contribution in [0.2, 0.25) is 5.02 Å². The summed E-state index contributed by atoms with van der Waals surface area (Å²) in [5.74, 6) is 0. The van der Waals surface area contributed by atoms with Gasteiger partial charge in [-0.25, -0.2) is 4.79 Å². The lowest BCUT2D eigenvalue weighted by Gasteiger charge is -2.21. The highest BCUT2D eigenvalue weighted by molar-refractivity contribution is 6.31. The van der Waals surface area contributed by atoms with Crippen LogP contribution in [-0.2, 0) is 4.74 Å². The number of hydrogen-bond donors (Lipinski definition) is 3. The van der Waals surface area contributed by atoms with Crippen molar-refractivity contribution in [2.24, 2.45) is 5.73 Å². The van der Waals surface area contributed by atoms with Gasteiger partial charge >= 0.3 is 6.09 Å². The van der Waals surface area contributed by atoms with E-state index in [-0.39, 0.29) is 6.61 Å². The van der Waals surface area contributed by atoms with Crippen molar-refractivity contribution in [3.8, 4) is 0 Å². The van der Waals surface area contributed by atoms with Crippen LogP contribution in [0.4, 0.5) is 10.5 Å². The summed E-state index contributed by atoms with van der Waals surface area (Å²) >= 11 is 5.89. The Balaban J connectivity index is 2.93. The van der Waals surface area contributed by atoms with Gasteiger partial charge in [0.05, 0.1) is 18.3 Å². The summed E-state index contributed by atoms with van der Waals surface area (Å²) in [6, 6.07) is 4.28. The highest BCUT2D eigenvalue weighted by Crippen LogP contribution is 2.26.